The molecule has 2 amide bonds. The Morgan fingerprint density at radius 2 is 1.70 bits per heavy atom. The van der Waals surface area contributed by atoms with E-state index in [2.05, 4.69) is 12.2 Å². The van der Waals surface area contributed by atoms with Crippen LogP contribution in [0.15, 0.2) is 48.5 Å². The number of aliphatic hydroxyl groups is 1. The topological polar surface area (TPSA) is 69.6 Å². The fourth-order valence-corrected chi connectivity index (χ4v) is 3.30. The van der Waals surface area contributed by atoms with E-state index in [4.69, 9.17) is 0 Å². The Hall–Kier alpha value is -2.66. The molecule has 2 aromatic carbocycles. The molecule has 0 bridgehead atoms. The Balaban J connectivity index is 1.69. The zero-order valence-electron chi connectivity index (χ0n) is 15.6. The van der Waals surface area contributed by atoms with Gasteiger partial charge in [-0.05, 0) is 35.2 Å². The van der Waals surface area contributed by atoms with Gasteiger partial charge >= 0.3 is 0 Å². The molecule has 1 fully saturated rings. The SMILES string of the molecule is CCCC(O)c1ccc(-c2ccc(C(=O)N3CCNC(=O)CC3)cc2)cc1. The van der Waals surface area contributed by atoms with Gasteiger partial charge in [-0.1, -0.05) is 49.7 Å². The zero-order chi connectivity index (χ0) is 19.2. The largest absolute Gasteiger partial charge is 0.388 e. The maximum absolute atomic E-state index is 12.6. The number of rotatable bonds is 5. The van der Waals surface area contributed by atoms with Gasteiger partial charge in [0.1, 0.15) is 0 Å². The summed E-state index contributed by atoms with van der Waals surface area (Å²) in [5.74, 6) is -0.0516. The number of carbonyl (C=O) groups excluding carboxylic acids is 2. The fraction of sp³-hybridized carbons (Fsp3) is 0.364. The van der Waals surface area contributed by atoms with Crippen molar-refractivity contribution in [3.63, 3.8) is 0 Å². The molecule has 2 N–H and O–H groups in total. The molecule has 1 aliphatic rings. The molecule has 27 heavy (non-hydrogen) atoms. The number of nitrogens with zero attached hydrogens (tertiary/aromatic N) is 1. The van der Waals surface area contributed by atoms with Gasteiger partial charge in [-0.25, -0.2) is 0 Å². The van der Waals surface area contributed by atoms with E-state index >= 15 is 0 Å². The van der Waals surface area contributed by atoms with E-state index in [-0.39, 0.29) is 11.8 Å². The summed E-state index contributed by atoms with van der Waals surface area (Å²) in [6, 6.07) is 15.4. The van der Waals surface area contributed by atoms with Crippen LogP contribution in [-0.4, -0.2) is 41.5 Å². The number of nitrogens with one attached hydrogen (secondary N) is 1. The first-order chi connectivity index (χ1) is 13.1. The Labute approximate surface area is 160 Å². The number of hydrogen-bond acceptors (Lipinski definition) is 3. The number of hydrogen-bond donors (Lipinski definition) is 2. The van der Waals surface area contributed by atoms with Crippen LogP contribution in [0.5, 0.6) is 0 Å². The molecule has 142 valence electrons. The maximum atomic E-state index is 12.6. The molecule has 1 atom stereocenters. The highest BCUT2D eigenvalue weighted by Gasteiger charge is 2.19. The van der Waals surface area contributed by atoms with Crippen molar-refractivity contribution < 1.29 is 14.7 Å². The van der Waals surface area contributed by atoms with E-state index in [0.29, 0.717) is 31.6 Å². The second-order valence-corrected chi connectivity index (χ2v) is 6.90. The second kappa shape index (κ2) is 8.82. The Morgan fingerprint density at radius 3 is 2.33 bits per heavy atom. The molecular weight excluding hydrogens is 340 g/mol. The van der Waals surface area contributed by atoms with Crippen molar-refractivity contribution in [1.82, 2.24) is 10.2 Å². The number of benzene rings is 2. The first-order valence-corrected chi connectivity index (χ1v) is 9.53. The Bertz CT molecular complexity index is 784. The summed E-state index contributed by atoms with van der Waals surface area (Å²) < 4.78 is 0. The molecule has 0 radical (unpaired) electrons. The van der Waals surface area contributed by atoms with E-state index in [1.54, 1.807) is 4.90 Å². The molecule has 0 spiro atoms. The van der Waals surface area contributed by atoms with Crippen LogP contribution in [0, 0.1) is 0 Å². The predicted molar refractivity (Wildman–Crippen MR) is 105 cm³/mol. The van der Waals surface area contributed by atoms with Gasteiger partial charge < -0.3 is 15.3 Å². The Kier molecular flexibility index (Phi) is 6.24. The average Bonchev–Trinajstić information content (AvgIpc) is 2.92. The first kappa shape index (κ1) is 19.1. The Morgan fingerprint density at radius 1 is 1.07 bits per heavy atom. The summed E-state index contributed by atoms with van der Waals surface area (Å²) in [6.45, 7) is 3.54. The molecule has 1 saturated heterocycles. The first-order valence-electron chi connectivity index (χ1n) is 9.53. The van der Waals surface area contributed by atoms with Gasteiger partial charge in [-0.15, -0.1) is 0 Å². The summed E-state index contributed by atoms with van der Waals surface area (Å²) in [5, 5.41) is 12.9. The van der Waals surface area contributed by atoms with Gasteiger partial charge in [0.15, 0.2) is 0 Å². The van der Waals surface area contributed by atoms with Crippen molar-refractivity contribution in [2.45, 2.75) is 32.3 Å². The molecule has 5 nitrogen and oxygen atoms in total. The third kappa shape index (κ3) is 4.74. The molecule has 2 aromatic rings. The molecule has 1 heterocycles. The minimum Gasteiger partial charge on any atom is -0.388 e. The van der Waals surface area contributed by atoms with Crippen LogP contribution in [0.2, 0.25) is 0 Å². The summed E-state index contributed by atoms with van der Waals surface area (Å²) in [5.41, 5.74) is 3.63. The quantitative estimate of drug-likeness (QED) is 0.854. The number of amides is 2. The summed E-state index contributed by atoms with van der Waals surface area (Å²) >= 11 is 0. The van der Waals surface area contributed by atoms with Crippen LogP contribution in [0.3, 0.4) is 0 Å². The van der Waals surface area contributed by atoms with Gasteiger partial charge in [0, 0.05) is 31.6 Å². The fourth-order valence-electron chi connectivity index (χ4n) is 3.30. The van der Waals surface area contributed by atoms with Crippen LogP contribution in [0.25, 0.3) is 11.1 Å². The lowest BCUT2D eigenvalue weighted by atomic mass is 9.99. The van der Waals surface area contributed by atoms with E-state index < -0.39 is 6.10 Å². The monoisotopic (exact) mass is 366 g/mol. The normalized spacial score (nSPS) is 15.8. The minimum absolute atomic E-state index is 0.00634. The van der Waals surface area contributed by atoms with Gasteiger partial charge in [0.25, 0.3) is 5.91 Å². The van der Waals surface area contributed by atoms with Crippen molar-refractivity contribution in [1.29, 1.82) is 0 Å². The lowest BCUT2D eigenvalue weighted by Gasteiger charge is -2.19. The summed E-state index contributed by atoms with van der Waals surface area (Å²) in [4.78, 5) is 25.8. The van der Waals surface area contributed by atoms with Crippen LogP contribution in [0.4, 0.5) is 0 Å². The predicted octanol–water partition coefficient (Wildman–Crippen LogP) is 3.15. The minimum atomic E-state index is -0.418. The van der Waals surface area contributed by atoms with Crippen LogP contribution in [-0.2, 0) is 4.79 Å². The molecule has 0 aliphatic carbocycles. The maximum Gasteiger partial charge on any atom is 0.253 e. The van der Waals surface area contributed by atoms with Crippen LogP contribution < -0.4 is 5.32 Å². The van der Waals surface area contributed by atoms with E-state index in [1.807, 2.05) is 48.5 Å². The van der Waals surface area contributed by atoms with Crippen molar-refractivity contribution in [2.24, 2.45) is 0 Å². The highest BCUT2D eigenvalue weighted by Crippen LogP contribution is 2.24. The third-order valence-electron chi connectivity index (χ3n) is 4.92. The van der Waals surface area contributed by atoms with E-state index in [0.717, 1.165) is 29.5 Å². The smallest absolute Gasteiger partial charge is 0.253 e. The molecule has 1 aliphatic heterocycles. The molecule has 3 rings (SSSR count). The second-order valence-electron chi connectivity index (χ2n) is 6.90. The molecule has 1 unspecified atom stereocenters. The summed E-state index contributed by atoms with van der Waals surface area (Å²) in [6.07, 6.45) is 1.63. The molecule has 0 saturated carbocycles. The molecule has 0 aromatic heterocycles. The van der Waals surface area contributed by atoms with E-state index in [9.17, 15) is 14.7 Å². The van der Waals surface area contributed by atoms with Gasteiger partial charge in [-0.2, -0.15) is 0 Å². The van der Waals surface area contributed by atoms with Crippen molar-refractivity contribution in [3.8, 4) is 11.1 Å². The third-order valence-corrected chi connectivity index (χ3v) is 4.92. The summed E-state index contributed by atoms with van der Waals surface area (Å²) in [7, 11) is 0. The molecule has 5 heteroatoms. The highest BCUT2D eigenvalue weighted by atomic mass is 16.3. The van der Waals surface area contributed by atoms with Crippen LogP contribution >= 0.6 is 0 Å². The van der Waals surface area contributed by atoms with E-state index in [1.165, 1.54) is 0 Å². The van der Waals surface area contributed by atoms with Gasteiger partial charge in [-0.3, -0.25) is 9.59 Å². The van der Waals surface area contributed by atoms with Crippen molar-refractivity contribution in [3.05, 3.63) is 59.7 Å². The number of carbonyl (C=O) groups is 2. The average molecular weight is 366 g/mol. The standard InChI is InChI=1S/C22H26N2O3/c1-2-3-20(25)18-8-4-16(5-9-18)17-6-10-19(11-7-17)22(27)24-14-12-21(26)23-13-15-24/h4-11,20,25H,2-3,12-15H2,1H3,(H,23,26). The van der Waals surface area contributed by atoms with Crippen molar-refractivity contribution in [2.75, 3.05) is 19.6 Å². The molecular formula is C22H26N2O3. The van der Waals surface area contributed by atoms with Gasteiger partial charge in [0.2, 0.25) is 5.91 Å². The van der Waals surface area contributed by atoms with Crippen molar-refractivity contribution >= 4 is 11.8 Å². The lowest BCUT2D eigenvalue weighted by Crippen LogP contribution is -2.34. The van der Waals surface area contributed by atoms with Gasteiger partial charge in [0.05, 0.1) is 6.10 Å². The van der Waals surface area contributed by atoms with Crippen LogP contribution in [0.1, 0.15) is 48.2 Å². The zero-order valence-corrected chi connectivity index (χ0v) is 15.6. The number of aliphatic hydroxyl groups excluding tert-OH is 1. The lowest BCUT2D eigenvalue weighted by molar-refractivity contribution is -0.120. The highest BCUT2D eigenvalue weighted by molar-refractivity contribution is 5.95.